The molecule has 2 aromatic carbocycles. The summed E-state index contributed by atoms with van der Waals surface area (Å²) >= 11 is 0. The molecule has 4 rings (SSSR count). The van der Waals surface area contributed by atoms with E-state index in [1.165, 1.54) is 24.3 Å². The normalized spacial score (nSPS) is 23.0. The fourth-order valence-corrected chi connectivity index (χ4v) is 4.93. The summed E-state index contributed by atoms with van der Waals surface area (Å²) in [7, 11) is -5.08. The molecular weight excluding hydrogens is 454 g/mol. The highest BCUT2D eigenvalue weighted by Crippen LogP contribution is 2.45. The number of carbonyl (C=O) groups is 1. The van der Waals surface area contributed by atoms with Gasteiger partial charge in [0.15, 0.2) is 0 Å². The zero-order valence-electron chi connectivity index (χ0n) is 18.3. The number of halogens is 2. The molecule has 8 nitrogen and oxygen atoms in total. The van der Waals surface area contributed by atoms with Gasteiger partial charge in [0.05, 0.1) is 11.4 Å². The van der Waals surface area contributed by atoms with Gasteiger partial charge < -0.3 is 20.1 Å². The van der Waals surface area contributed by atoms with E-state index in [1.807, 2.05) is 13.8 Å². The van der Waals surface area contributed by atoms with Crippen LogP contribution in [0.5, 0.6) is 5.75 Å². The van der Waals surface area contributed by atoms with Crippen LogP contribution in [0, 0.1) is 5.82 Å². The molecule has 1 fully saturated rings. The fraction of sp³-hybridized carbons (Fsp3) is 0.409. The summed E-state index contributed by atoms with van der Waals surface area (Å²) in [4.78, 5) is 15.2. The third-order valence-electron chi connectivity index (χ3n) is 6.15. The zero-order chi connectivity index (χ0) is 23.8. The predicted molar refractivity (Wildman–Crippen MR) is 122 cm³/mol. The molecule has 0 aliphatic carbocycles. The summed E-state index contributed by atoms with van der Waals surface area (Å²) < 4.78 is 52.5. The van der Waals surface area contributed by atoms with Crippen molar-refractivity contribution in [2.45, 2.75) is 38.3 Å². The number of hydrogen-bond donors (Lipinski definition) is 3. The first-order valence-electron chi connectivity index (χ1n) is 10.7. The van der Waals surface area contributed by atoms with Crippen LogP contribution < -0.4 is 20.1 Å². The highest BCUT2D eigenvalue weighted by atomic mass is 32.3. The molecule has 1 unspecified atom stereocenters. The standard InChI is InChI=1S/C22H26F2N4O4S/c1-3-25-19-12-14(23)11-18-20(19)27-21(29)22(18,2)28-10-4-5-16(13-28)26-15-6-8-17(9-7-15)32-33(24,30)31/h6-9,11-12,16,25-26H,3-5,10,13H2,1-2H3,(H,27,29)/t16-,22?/m1/s1. The first-order valence-corrected chi connectivity index (χ1v) is 12.1. The van der Waals surface area contributed by atoms with Gasteiger partial charge >= 0.3 is 10.5 Å². The first-order chi connectivity index (χ1) is 15.6. The second-order valence-corrected chi connectivity index (χ2v) is 9.32. The number of anilines is 3. The minimum Gasteiger partial charge on any atom is -0.384 e. The van der Waals surface area contributed by atoms with Crippen LogP contribution in [0.1, 0.15) is 32.3 Å². The smallest absolute Gasteiger partial charge is 0.384 e. The largest absolute Gasteiger partial charge is 0.488 e. The second kappa shape index (κ2) is 8.79. The molecule has 0 spiro atoms. The summed E-state index contributed by atoms with van der Waals surface area (Å²) in [6, 6.07) is 8.69. The number of likely N-dealkylation sites (tertiary alicyclic amines) is 1. The molecular formula is C22H26F2N4O4S. The van der Waals surface area contributed by atoms with Crippen LogP contribution in [-0.2, 0) is 20.8 Å². The number of benzene rings is 2. The summed E-state index contributed by atoms with van der Waals surface area (Å²) in [6.07, 6.45) is 1.68. The van der Waals surface area contributed by atoms with Crippen LogP contribution in [0.15, 0.2) is 36.4 Å². The Hall–Kier alpha value is -2.92. The molecule has 0 aromatic heterocycles. The molecule has 178 valence electrons. The van der Waals surface area contributed by atoms with E-state index < -0.39 is 21.9 Å². The molecule has 2 aliphatic rings. The monoisotopic (exact) mass is 480 g/mol. The lowest BCUT2D eigenvalue weighted by Gasteiger charge is -2.42. The number of nitrogens with one attached hydrogen (secondary N) is 3. The molecule has 1 saturated heterocycles. The maximum atomic E-state index is 14.4. The van der Waals surface area contributed by atoms with Crippen molar-refractivity contribution in [1.82, 2.24) is 4.90 Å². The molecule has 2 heterocycles. The van der Waals surface area contributed by atoms with Crippen LogP contribution in [0.3, 0.4) is 0 Å². The third-order valence-corrected chi connectivity index (χ3v) is 6.54. The SMILES string of the molecule is CCNc1cc(F)cc2c1NC(=O)C2(C)N1CCC[C@@H](Nc2ccc(OS(=O)(=O)F)cc2)C1. The molecule has 11 heteroatoms. The summed E-state index contributed by atoms with van der Waals surface area (Å²) in [5, 5.41) is 9.41. The molecule has 0 bridgehead atoms. The van der Waals surface area contributed by atoms with Gasteiger partial charge in [-0.3, -0.25) is 9.69 Å². The number of nitrogens with zero attached hydrogens (tertiary/aromatic N) is 1. The van der Waals surface area contributed by atoms with Crippen LogP contribution in [-0.4, -0.2) is 44.9 Å². The van der Waals surface area contributed by atoms with Gasteiger partial charge in [0.2, 0.25) is 5.91 Å². The molecule has 1 amide bonds. The molecule has 33 heavy (non-hydrogen) atoms. The van der Waals surface area contributed by atoms with E-state index in [1.54, 1.807) is 12.1 Å². The van der Waals surface area contributed by atoms with Crippen LogP contribution >= 0.6 is 0 Å². The van der Waals surface area contributed by atoms with Crippen molar-refractivity contribution in [2.75, 3.05) is 35.6 Å². The van der Waals surface area contributed by atoms with E-state index in [2.05, 4.69) is 25.0 Å². The summed E-state index contributed by atoms with van der Waals surface area (Å²) in [5.41, 5.74) is 1.47. The molecule has 3 N–H and O–H groups in total. The lowest BCUT2D eigenvalue weighted by Crippen LogP contribution is -2.55. The van der Waals surface area contributed by atoms with Crippen LogP contribution in [0.25, 0.3) is 0 Å². The number of carbonyl (C=O) groups excluding carboxylic acids is 1. The Kier molecular flexibility index (Phi) is 6.19. The van der Waals surface area contributed by atoms with Gasteiger partial charge in [-0.1, -0.05) is 3.89 Å². The van der Waals surface area contributed by atoms with E-state index in [-0.39, 0.29) is 17.7 Å². The lowest BCUT2D eigenvalue weighted by molar-refractivity contribution is -0.127. The molecule has 2 aromatic rings. The topological polar surface area (TPSA) is 99.8 Å². The summed E-state index contributed by atoms with van der Waals surface area (Å²) in [5.74, 6) is -0.730. The number of hydrogen-bond acceptors (Lipinski definition) is 7. The molecule has 2 atom stereocenters. The Labute approximate surface area is 191 Å². The number of rotatable bonds is 7. The fourth-order valence-electron chi connectivity index (χ4n) is 4.59. The maximum absolute atomic E-state index is 14.4. The Bertz CT molecular complexity index is 1160. The lowest BCUT2D eigenvalue weighted by atomic mass is 9.88. The predicted octanol–water partition coefficient (Wildman–Crippen LogP) is 3.59. The van der Waals surface area contributed by atoms with Crippen LogP contribution in [0.2, 0.25) is 0 Å². The van der Waals surface area contributed by atoms with Gasteiger partial charge in [-0.2, -0.15) is 8.42 Å². The highest BCUT2D eigenvalue weighted by Gasteiger charge is 2.49. The van der Waals surface area contributed by atoms with Gasteiger partial charge in [-0.15, -0.1) is 0 Å². The second-order valence-electron chi connectivity index (χ2n) is 8.36. The van der Waals surface area contributed by atoms with Crippen molar-refractivity contribution in [1.29, 1.82) is 0 Å². The Balaban J connectivity index is 1.53. The minimum atomic E-state index is -5.08. The van der Waals surface area contributed by atoms with Gasteiger partial charge in [0.1, 0.15) is 17.1 Å². The van der Waals surface area contributed by atoms with E-state index in [9.17, 15) is 21.5 Å². The van der Waals surface area contributed by atoms with Crippen LogP contribution in [0.4, 0.5) is 25.3 Å². The van der Waals surface area contributed by atoms with Crippen molar-refractivity contribution in [3.8, 4) is 5.75 Å². The van der Waals surface area contributed by atoms with Gasteiger partial charge in [0.25, 0.3) is 0 Å². The van der Waals surface area contributed by atoms with E-state index in [0.717, 1.165) is 12.8 Å². The number of amides is 1. The van der Waals surface area contributed by atoms with Gasteiger partial charge in [-0.05, 0) is 69.6 Å². The molecule has 0 radical (unpaired) electrons. The number of fused-ring (bicyclic) bond motifs is 1. The van der Waals surface area contributed by atoms with Crippen molar-refractivity contribution in [3.63, 3.8) is 0 Å². The first kappa shape index (κ1) is 23.2. The Morgan fingerprint density at radius 3 is 2.67 bits per heavy atom. The van der Waals surface area contributed by atoms with Gasteiger partial charge in [0, 0.05) is 30.4 Å². The highest BCUT2D eigenvalue weighted by molar-refractivity contribution is 7.81. The number of piperidine rings is 1. The van der Waals surface area contributed by atoms with Gasteiger partial charge in [-0.25, -0.2) is 4.39 Å². The Morgan fingerprint density at radius 2 is 2.00 bits per heavy atom. The quantitative estimate of drug-likeness (QED) is 0.521. The van der Waals surface area contributed by atoms with Crippen molar-refractivity contribution in [2.24, 2.45) is 0 Å². The van der Waals surface area contributed by atoms with E-state index in [4.69, 9.17) is 0 Å². The summed E-state index contributed by atoms with van der Waals surface area (Å²) in [6.45, 7) is 5.53. The zero-order valence-corrected chi connectivity index (χ0v) is 19.1. The van der Waals surface area contributed by atoms with E-state index >= 15 is 0 Å². The van der Waals surface area contributed by atoms with Crippen molar-refractivity contribution in [3.05, 3.63) is 47.8 Å². The third kappa shape index (κ3) is 4.74. The molecule has 0 saturated carbocycles. The Morgan fingerprint density at radius 1 is 1.27 bits per heavy atom. The molecule has 2 aliphatic heterocycles. The van der Waals surface area contributed by atoms with Crippen molar-refractivity contribution < 1.29 is 25.7 Å². The minimum absolute atomic E-state index is 0.00843. The average Bonchev–Trinajstić information content (AvgIpc) is 3.01. The van der Waals surface area contributed by atoms with Crippen molar-refractivity contribution >= 4 is 33.5 Å². The maximum Gasteiger partial charge on any atom is 0.488 e. The van der Waals surface area contributed by atoms with E-state index in [0.29, 0.717) is 42.3 Å². The average molecular weight is 481 g/mol.